The maximum absolute atomic E-state index is 9.87. The Hall–Kier alpha value is -2.66. The second kappa shape index (κ2) is 6.69. The van der Waals surface area contributed by atoms with E-state index in [1.165, 1.54) is 11.3 Å². The molecule has 1 aromatic heterocycles. The van der Waals surface area contributed by atoms with Gasteiger partial charge in [-0.15, -0.1) is 0 Å². The predicted octanol–water partition coefficient (Wildman–Crippen LogP) is 3.47. The van der Waals surface area contributed by atoms with Crippen LogP contribution in [0.25, 0.3) is 11.0 Å². The smallest absolute Gasteiger partial charge is 0.175 e. The average Bonchev–Trinajstić information content (AvgIpc) is 3.16. The Bertz CT molecular complexity index is 849. The van der Waals surface area contributed by atoms with Crippen molar-refractivity contribution < 1.29 is 14.3 Å². The molecule has 2 heterocycles. The van der Waals surface area contributed by atoms with Crippen molar-refractivity contribution in [3.8, 4) is 11.5 Å². The van der Waals surface area contributed by atoms with Crippen LogP contribution in [0, 0.1) is 0 Å². The average molecular weight is 338 g/mol. The van der Waals surface area contributed by atoms with E-state index in [1.807, 2.05) is 24.3 Å². The van der Waals surface area contributed by atoms with Gasteiger partial charge < -0.3 is 19.2 Å². The van der Waals surface area contributed by atoms with Crippen LogP contribution in [-0.4, -0.2) is 43.3 Å². The van der Waals surface area contributed by atoms with Gasteiger partial charge in [0.25, 0.3) is 0 Å². The molecule has 5 heteroatoms. The van der Waals surface area contributed by atoms with E-state index in [1.54, 1.807) is 19.4 Å². The number of ether oxygens (including phenoxy) is 1. The second-order valence-corrected chi connectivity index (χ2v) is 6.37. The Labute approximate surface area is 147 Å². The zero-order valence-electron chi connectivity index (χ0n) is 14.3. The molecule has 1 fully saturated rings. The summed E-state index contributed by atoms with van der Waals surface area (Å²) in [5.41, 5.74) is 3.01. The fraction of sp³-hybridized carbons (Fsp3) is 0.300. The number of anilines is 1. The molecular formula is C20H22N2O3. The van der Waals surface area contributed by atoms with E-state index in [0.717, 1.165) is 43.9 Å². The summed E-state index contributed by atoms with van der Waals surface area (Å²) in [6.45, 7) is 4.88. The van der Waals surface area contributed by atoms with Crippen LogP contribution in [0.5, 0.6) is 11.5 Å². The van der Waals surface area contributed by atoms with Crippen LogP contribution < -0.4 is 9.64 Å². The van der Waals surface area contributed by atoms with Crippen molar-refractivity contribution in [2.45, 2.75) is 6.54 Å². The third kappa shape index (κ3) is 3.15. The summed E-state index contributed by atoms with van der Waals surface area (Å²) >= 11 is 0. The van der Waals surface area contributed by atoms with Crippen LogP contribution in [0.2, 0.25) is 0 Å². The van der Waals surface area contributed by atoms with Gasteiger partial charge in [-0.2, -0.15) is 0 Å². The monoisotopic (exact) mass is 338 g/mol. The number of hydrogen-bond acceptors (Lipinski definition) is 5. The number of piperazine rings is 1. The third-order valence-corrected chi connectivity index (χ3v) is 4.89. The number of rotatable bonds is 4. The van der Waals surface area contributed by atoms with Gasteiger partial charge >= 0.3 is 0 Å². The van der Waals surface area contributed by atoms with Crippen molar-refractivity contribution in [3.63, 3.8) is 0 Å². The molecule has 0 radical (unpaired) electrons. The van der Waals surface area contributed by atoms with Gasteiger partial charge in [-0.1, -0.05) is 6.07 Å². The summed E-state index contributed by atoms with van der Waals surface area (Å²) in [5.74, 6) is 1.09. The Balaban J connectivity index is 1.41. The van der Waals surface area contributed by atoms with E-state index in [0.29, 0.717) is 5.58 Å². The van der Waals surface area contributed by atoms with E-state index in [9.17, 15) is 5.11 Å². The highest BCUT2D eigenvalue weighted by Crippen LogP contribution is 2.29. The van der Waals surface area contributed by atoms with E-state index in [4.69, 9.17) is 9.15 Å². The second-order valence-electron chi connectivity index (χ2n) is 6.37. The number of methoxy groups -OCH3 is 1. The molecule has 0 spiro atoms. The molecule has 1 aliphatic heterocycles. The first-order chi connectivity index (χ1) is 12.2. The lowest BCUT2D eigenvalue weighted by Gasteiger charge is -2.36. The molecule has 1 N–H and O–H groups in total. The van der Waals surface area contributed by atoms with Crippen LogP contribution in [0.4, 0.5) is 5.69 Å². The SMILES string of the molecule is COc1ccc(N2CCN(Cc3ccc(O)c4occc34)CC2)cc1. The molecule has 0 bridgehead atoms. The van der Waals surface area contributed by atoms with Crippen LogP contribution in [0.15, 0.2) is 53.1 Å². The van der Waals surface area contributed by atoms with Gasteiger partial charge in [0.1, 0.15) is 5.75 Å². The minimum Gasteiger partial charge on any atom is -0.504 e. The highest BCUT2D eigenvalue weighted by atomic mass is 16.5. The maximum Gasteiger partial charge on any atom is 0.175 e. The zero-order valence-corrected chi connectivity index (χ0v) is 14.3. The van der Waals surface area contributed by atoms with Crippen molar-refractivity contribution >= 4 is 16.7 Å². The van der Waals surface area contributed by atoms with E-state index < -0.39 is 0 Å². The molecule has 0 unspecified atom stereocenters. The van der Waals surface area contributed by atoms with Gasteiger partial charge in [0.2, 0.25) is 0 Å². The van der Waals surface area contributed by atoms with Crippen molar-refractivity contribution in [2.24, 2.45) is 0 Å². The molecule has 25 heavy (non-hydrogen) atoms. The number of nitrogens with zero attached hydrogens (tertiary/aromatic N) is 2. The first-order valence-electron chi connectivity index (χ1n) is 8.54. The summed E-state index contributed by atoms with van der Waals surface area (Å²) in [5, 5.41) is 10.9. The molecule has 0 aliphatic carbocycles. The minimum absolute atomic E-state index is 0.202. The van der Waals surface area contributed by atoms with Gasteiger partial charge in [0, 0.05) is 43.8 Å². The number of aromatic hydroxyl groups is 1. The number of phenolic OH excluding ortho intramolecular Hbond substituents is 1. The van der Waals surface area contributed by atoms with Gasteiger partial charge in [0.05, 0.1) is 13.4 Å². The topological polar surface area (TPSA) is 49.1 Å². The molecule has 3 aromatic rings. The van der Waals surface area contributed by atoms with Crippen LogP contribution in [0.1, 0.15) is 5.56 Å². The summed E-state index contributed by atoms with van der Waals surface area (Å²) in [6, 6.07) is 13.9. The minimum atomic E-state index is 0.202. The lowest BCUT2D eigenvalue weighted by atomic mass is 10.1. The van der Waals surface area contributed by atoms with Gasteiger partial charge in [-0.25, -0.2) is 0 Å². The standard InChI is InChI=1S/C20H22N2O3/c1-24-17-5-3-16(4-6-17)22-11-9-21(10-12-22)14-15-2-7-19(23)20-18(15)8-13-25-20/h2-8,13,23H,9-12,14H2,1H3. The Morgan fingerprint density at radius 1 is 1.00 bits per heavy atom. The molecule has 0 atom stereocenters. The summed E-state index contributed by atoms with van der Waals surface area (Å²) < 4.78 is 10.6. The summed E-state index contributed by atoms with van der Waals surface area (Å²) in [4.78, 5) is 4.85. The molecule has 0 amide bonds. The van der Waals surface area contributed by atoms with E-state index in [2.05, 4.69) is 21.9 Å². The van der Waals surface area contributed by atoms with Gasteiger partial charge in [-0.3, -0.25) is 4.90 Å². The Morgan fingerprint density at radius 2 is 1.76 bits per heavy atom. The number of fused-ring (bicyclic) bond motifs is 1. The number of phenols is 1. The first kappa shape index (κ1) is 15.8. The zero-order chi connectivity index (χ0) is 17.2. The molecule has 5 nitrogen and oxygen atoms in total. The van der Waals surface area contributed by atoms with E-state index >= 15 is 0 Å². The Morgan fingerprint density at radius 3 is 2.48 bits per heavy atom. The third-order valence-electron chi connectivity index (χ3n) is 4.89. The lowest BCUT2D eigenvalue weighted by molar-refractivity contribution is 0.250. The number of furan rings is 1. The quantitative estimate of drug-likeness (QED) is 0.789. The first-order valence-corrected chi connectivity index (χ1v) is 8.54. The van der Waals surface area contributed by atoms with Crippen LogP contribution >= 0.6 is 0 Å². The summed E-state index contributed by atoms with van der Waals surface area (Å²) in [6.07, 6.45) is 1.63. The summed E-state index contributed by atoms with van der Waals surface area (Å²) in [7, 11) is 1.69. The number of benzene rings is 2. The van der Waals surface area contributed by atoms with Crippen molar-refractivity contribution in [1.29, 1.82) is 0 Å². The molecule has 130 valence electrons. The normalized spacial score (nSPS) is 15.6. The molecule has 2 aromatic carbocycles. The fourth-order valence-corrected chi connectivity index (χ4v) is 3.44. The lowest BCUT2D eigenvalue weighted by Crippen LogP contribution is -2.45. The van der Waals surface area contributed by atoms with E-state index in [-0.39, 0.29) is 5.75 Å². The van der Waals surface area contributed by atoms with Crippen molar-refractivity contribution in [2.75, 3.05) is 38.2 Å². The molecule has 0 saturated carbocycles. The number of hydrogen-bond donors (Lipinski definition) is 1. The molecule has 4 rings (SSSR count). The van der Waals surface area contributed by atoms with Crippen LogP contribution in [-0.2, 0) is 6.54 Å². The largest absolute Gasteiger partial charge is 0.504 e. The highest BCUT2D eigenvalue weighted by Gasteiger charge is 2.19. The van der Waals surface area contributed by atoms with Gasteiger partial charge in [-0.05, 0) is 42.0 Å². The van der Waals surface area contributed by atoms with Gasteiger partial charge in [0.15, 0.2) is 11.3 Å². The fourth-order valence-electron chi connectivity index (χ4n) is 3.44. The van der Waals surface area contributed by atoms with Crippen LogP contribution in [0.3, 0.4) is 0 Å². The molecule has 1 aliphatic rings. The molecular weight excluding hydrogens is 316 g/mol. The Kier molecular flexibility index (Phi) is 4.24. The maximum atomic E-state index is 9.87. The van der Waals surface area contributed by atoms with Crippen molar-refractivity contribution in [3.05, 3.63) is 54.3 Å². The molecule has 1 saturated heterocycles. The predicted molar refractivity (Wildman–Crippen MR) is 98.4 cm³/mol. The van der Waals surface area contributed by atoms with Crippen molar-refractivity contribution in [1.82, 2.24) is 4.90 Å². The highest BCUT2D eigenvalue weighted by molar-refractivity contribution is 5.85.